The largest absolute Gasteiger partial charge is 0.489 e. The van der Waals surface area contributed by atoms with Gasteiger partial charge in [0, 0.05) is 24.0 Å². The molecule has 1 aromatic rings. The van der Waals surface area contributed by atoms with Gasteiger partial charge in [-0.05, 0) is 30.5 Å². The molecule has 1 aliphatic rings. The van der Waals surface area contributed by atoms with E-state index in [1.807, 2.05) is 18.2 Å². The fourth-order valence-corrected chi connectivity index (χ4v) is 3.92. The highest BCUT2D eigenvalue weighted by molar-refractivity contribution is 7.46. The number of ether oxygens (including phenoxy) is 1. The Labute approximate surface area is 166 Å². The van der Waals surface area contributed by atoms with Crippen LogP contribution in [0.25, 0.3) is 0 Å². The molecule has 2 atom stereocenters. The van der Waals surface area contributed by atoms with Crippen molar-refractivity contribution >= 4 is 19.4 Å². The number of halogens is 1. The van der Waals surface area contributed by atoms with Crippen LogP contribution < -0.4 is 10.1 Å². The molecule has 1 saturated heterocycles. The molecule has 6 nitrogen and oxygen atoms in total. The topological polar surface area (TPSA) is 88.0 Å². The molecule has 154 valence electrons. The molecule has 0 aliphatic carbocycles. The number of phosphoric acid groups is 1. The number of rotatable bonds is 12. The van der Waals surface area contributed by atoms with E-state index in [2.05, 4.69) is 16.8 Å². The predicted octanol–water partition coefficient (Wildman–Crippen LogP) is 4.46. The highest BCUT2D eigenvalue weighted by Crippen LogP contribution is 2.36. The Morgan fingerprint density at radius 3 is 2.67 bits per heavy atom. The van der Waals surface area contributed by atoms with E-state index in [1.165, 1.54) is 32.1 Å². The number of phosphoric ester groups is 1. The number of hydrogen-bond acceptors (Lipinski definition) is 4. The third-order valence-corrected chi connectivity index (χ3v) is 5.59. The minimum atomic E-state index is -4.43. The normalized spacial score (nSPS) is 20.1. The zero-order valence-electron chi connectivity index (χ0n) is 15.9. The van der Waals surface area contributed by atoms with Crippen LogP contribution in [0.15, 0.2) is 18.2 Å². The SMILES string of the molecule is CCCCCCCCc1ccc(O[C@H]2CN[C@H](COP(=O)(O)O)C2)cc1Cl. The van der Waals surface area contributed by atoms with Gasteiger partial charge in [0.15, 0.2) is 0 Å². The summed E-state index contributed by atoms with van der Waals surface area (Å²) in [4.78, 5) is 17.5. The van der Waals surface area contributed by atoms with Gasteiger partial charge in [0.1, 0.15) is 11.9 Å². The molecule has 1 fully saturated rings. The molecular formula is C19H31ClNO5P. The molecule has 0 radical (unpaired) electrons. The molecule has 1 aromatic carbocycles. The molecule has 3 N–H and O–H groups in total. The summed E-state index contributed by atoms with van der Waals surface area (Å²) < 4.78 is 21.3. The van der Waals surface area contributed by atoms with Gasteiger partial charge >= 0.3 is 7.82 Å². The maximum Gasteiger partial charge on any atom is 0.469 e. The second kappa shape index (κ2) is 11.4. The Morgan fingerprint density at radius 2 is 1.96 bits per heavy atom. The second-order valence-electron chi connectivity index (χ2n) is 7.14. The first-order valence-corrected chi connectivity index (χ1v) is 11.7. The van der Waals surface area contributed by atoms with Crippen molar-refractivity contribution in [2.45, 2.75) is 70.4 Å². The molecule has 2 rings (SSSR count). The highest BCUT2D eigenvalue weighted by atomic mass is 35.5. The number of aryl methyl sites for hydroxylation is 1. The van der Waals surface area contributed by atoms with E-state index in [0.29, 0.717) is 13.0 Å². The van der Waals surface area contributed by atoms with Gasteiger partial charge < -0.3 is 19.8 Å². The van der Waals surface area contributed by atoms with E-state index in [9.17, 15) is 4.57 Å². The number of hydrogen-bond donors (Lipinski definition) is 3. The van der Waals surface area contributed by atoms with Gasteiger partial charge in [0.05, 0.1) is 6.61 Å². The Morgan fingerprint density at radius 1 is 1.22 bits per heavy atom. The quantitative estimate of drug-likeness (QED) is 0.342. The molecule has 1 heterocycles. The third-order valence-electron chi connectivity index (χ3n) is 4.75. The molecule has 0 unspecified atom stereocenters. The standard InChI is InChI=1S/C19H31ClNO5P/c1-2-3-4-5-6-7-8-15-9-10-17(12-19(15)20)26-18-11-16(21-13-18)14-25-27(22,23)24/h9-10,12,16,18,21H,2-8,11,13-14H2,1H3,(H2,22,23,24)/t16-,18+/m0/s1. The summed E-state index contributed by atoms with van der Waals surface area (Å²) in [6, 6.07) is 5.69. The van der Waals surface area contributed by atoms with Crippen molar-refractivity contribution in [2.24, 2.45) is 0 Å². The van der Waals surface area contributed by atoms with Crippen molar-refractivity contribution < 1.29 is 23.6 Å². The van der Waals surface area contributed by atoms with Crippen LogP contribution >= 0.6 is 19.4 Å². The lowest BCUT2D eigenvalue weighted by molar-refractivity contribution is 0.173. The van der Waals surface area contributed by atoms with Crippen molar-refractivity contribution in [3.8, 4) is 5.75 Å². The van der Waals surface area contributed by atoms with Crippen molar-refractivity contribution in [1.82, 2.24) is 5.32 Å². The minimum Gasteiger partial charge on any atom is -0.489 e. The van der Waals surface area contributed by atoms with E-state index in [-0.39, 0.29) is 18.8 Å². The fourth-order valence-electron chi connectivity index (χ4n) is 3.28. The summed E-state index contributed by atoms with van der Waals surface area (Å²) in [5.74, 6) is 0.718. The van der Waals surface area contributed by atoms with E-state index in [1.54, 1.807) is 0 Å². The molecule has 27 heavy (non-hydrogen) atoms. The average Bonchev–Trinajstić information content (AvgIpc) is 3.05. The summed E-state index contributed by atoms with van der Waals surface area (Å²) in [5.41, 5.74) is 1.15. The van der Waals surface area contributed by atoms with Crippen LogP contribution in [0.5, 0.6) is 5.75 Å². The first kappa shape index (κ1) is 22.7. The first-order chi connectivity index (χ1) is 12.9. The third kappa shape index (κ3) is 8.95. The van der Waals surface area contributed by atoms with Crippen LogP contribution in [0.2, 0.25) is 5.02 Å². The molecule has 0 saturated carbocycles. The summed E-state index contributed by atoms with van der Waals surface area (Å²) in [5, 5.41) is 3.88. The summed E-state index contributed by atoms with van der Waals surface area (Å²) in [6.45, 7) is 2.79. The maximum atomic E-state index is 10.8. The van der Waals surface area contributed by atoms with Crippen LogP contribution in [0.4, 0.5) is 0 Å². The lowest BCUT2D eigenvalue weighted by Crippen LogP contribution is -2.26. The second-order valence-corrected chi connectivity index (χ2v) is 8.78. The Bertz CT molecular complexity index is 624. The number of nitrogens with one attached hydrogen (secondary N) is 1. The molecule has 8 heteroatoms. The monoisotopic (exact) mass is 419 g/mol. The summed E-state index contributed by atoms with van der Waals surface area (Å²) in [7, 11) is -4.43. The van der Waals surface area contributed by atoms with Gasteiger partial charge in [-0.3, -0.25) is 4.52 Å². The number of unbranched alkanes of at least 4 members (excludes halogenated alkanes) is 5. The van der Waals surface area contributed by atoms with E-state index in [4.69, 9.17) is 26.1 Å². The van der Waals surface area contributed by atoms with Crippen LogP contribution in [0.3, 0.4) is 0 Å². The van der Waals surface area contributed by atoms with Gasteiger partial charge in [-0.25, -0.2) is 4.57 Å². The lowest BCUT2D eigenvalue weighted by atomic mass is 10.0. The summed E-state index contributed by atoms with van der Waals surface area (Å²) in [6.07, 6.45) is 9.10. The van der Waals surface area contributed by atoms with Crippen molar-refractivity contribution in [2.75, 3.05) is 13.2 Å². The maximum absolute atomic E-state index is 10.8. The smallest absolute Gasteiger partial charge is 0.469 e. The van der Waals surface area contributed by atoms with E-state index < -0.39 is 7.82 Å². The molecule has 0 aromatic heterocycles. The minimum absolute atomic E-state index is 0.0396. The van der Waals surface area contributed by atoms with Gasteiger partial charge in [0.2, 0.25) is 0 Å². The first-order valence-electron chi connectivity index (χ1n) is 9.76. The van der Waals surface area contributed by atoms with Gasteiger partial charge in [-0.1, -0.05) is 56.7 Å². The van der Waals surface area contributed by atoms with Gasteiger partial charge in [-0.15, -0.1) is 0 Å². The van der Waals surface area contributed by atoms with Crippen LogP contribution in [-0.4, -0.2) is 35.1 Å². The summed E-state index contributed by atoms with van der Waals surface area (Å²) >= 11 is 6.40. The Hall–Kier alpha value is -0.620. The highest BCUT2D eigenvalue weighted by Gasteiger charge is 2.28. The van der Waals surface area contributed by atoms with Crippen LogP contribution in [0, 0.1) is 0 Å². The fraction of sp³-hybridized carbons (Fsp3) is 0.684. The van der Waals surface area contributed by atoms with Crippen LogP contribution in [-0.2, 0) is 15.5 Å². The van der Waals surface area contributed by atoms with Crippen LogP contribution in [0.1, 0.15) is 57.4 Å². The molecular weight excluding hydrogens is 389 g/mol. The molecule has 1 aliphatic heterocycles. The van der Waals surface area contributed by atoms with Crippen molar-refractivity contribution in [3.63, 3.8) is 0 Å². The average molecular weight is 420 g/mol. The zero-order chi connectivity index (χ0) is 19.7. The van der Waals surface area contributed by atoms with Gasteiger partial charge in [-0.2, -0.15) is 0 Å². The van der Waals surface area contributed by atoms with Gasteiger partial charge in [0.25, 0.3) is 0 Å². The molecule has 0 amide bonds. The Kier molecular flexibility index (Phi) is 9.57. The Balaban J connectivity index is 1.73. The predicted molar refractivity (Wildman–Crippen MR) is 107 cm³/mol. The van der Waals surface area contributed by atoms with Crippen molar-refractivity contribution in [3.05, 3.63) is 28.8 Å². The van der Waals surface area contributed by atoms with E-state index in [0.717, 1.165) is 29.2 Å². The van der Waals surface area contributed by atoms with Crippen molar-refractivity contribution in [1.29, 1.82) is 0 Å². The molecule has 0 spiro atoms. The molecule has 0 bridgehead atoms. The number of benzene rings is 1. The zero-order valence-corrected chi connectivity index (χ0v) is 17.6. The van der Waals surface area contributed by atoms with E-state index >= 15 is 0 Å². The lowest BCUT2D eigenvalue weighted by Gasteiger charge is -2.15.